The average molecular weight is 298 g/mol. The van der Waals surface area contributed by atoms with Crippen molar-refractivity contribution >= 4 is 17.3 Å². The summed E-state index contributed by atoms with van der Waals surface area (Å²) in [4.78, 5) is 19.0. The molecule has 0 bridgehead atoms. The van der Waals surface area contributed by atoms with Crippen LogP contribution in [0.25, 0.3) is 21.8 Å². The molecule has 0 amide bonds. The zero-order chi connectivity index (χ0) is 14.8. The first-order valence-corrected chi connectivity index (χ1v) is 7.35. The number of nitrogens with zero attached hydrogens (tertiary/aromatic N) is 1. The second-order valence-corrected chi connectivity index (χ2v) is 5.56. The van der Waals surface area contributed by atoms with Crippen molar-refractivity contribution in [2.45, 2.75) is 6.92 Å². The molecule has 0 atom stereocenters. The normalized spacial score (nSPS) is 10.6. The van der Waals surface area contributed by atoms with Gasteiger partial charge in [0.15, 0.2) is 0 Å². The lowest BCUT2D eigenvalue weighted by molar-refractivity contribution is 0.0595. The third-order valence-corrected chi connectivity index (χ3v) is 4.04. The maximum Gasteiger partial charge on any atom is 0.354 e. The second kappa shape index (κ2) is 5.54. The molecule has 3 aromatic rings. The molecule has 0 aliphatic rings. The van der Waals surface area contributed by atoms with Crippen LogP contribution in [0.2, 0.25) is 0 Å². The van der Waals surface area contributed by atoms with Gasteiger partial charge in [-0.2, -0.15) is 0 Å². The molecule has 3 rings (SSSR count). The first kappa shape index (κ1) is 13.6. The summed E-state index contributed by atoms with van der Waals surface area (Å²) in [6, 6.07) is 10.00. The standard InChI is InChI=1S/C16H14N2O2S/c1-10-4-3-5-11(6-10)15-18-14(9-21-15)12-7-13(17-8-12)16(19)20-2/h3-9,17H,1-2H3. The summed E-state index contributed by atoms with van der Waals surface area (Å²) in [6.45, 7) is 2.06. The SMILES string of the molecule is COC(=O)c1cc(-c2csc(-c3cccc(C)c3)n2)c[nH]1. The number of aromatic amines is 1. The van der Waals surface area contributed by atoms with E-state index in [0.29, 0.717) is 5.69 Å². The number of ether oxygens (including phenoxy) is 1. The second-order valence-electron chi connectivity index (χ2n) is 4.70. The van der Waals surface area contributed by atoms with E-state index in [1.165, 1.54) is 12.7 Å². The van der Waals surface area contributed by atoms with E-state index in [0.717, 1.165) is 21.8 Å². The number of nitrogens with one attached hydrogen (secondary N) is 1. The molecule has 1 N–H and O–H groups in total. The van der Waals surface area contributed by atoms with Crippen LogP contribution in [0.15, 0.2) is 41.9 Å². The van der Waals surface area contributed by atoms with Gasteiger partial charge < -0.3 is 9.72 Å². The van der Waals surface area contributed by atoms with Gasteiger partial charge in [-0.15, -0.1) is 11.3 Å². The molecule has 0 fully saturated rings. The third kappa shape index (κ3) is 2.73. The third-order valence-electron chi connectivity index (χ3n) is 3.15. The number of rotatable bonds is 3. The molecule has 0 aliphatic heterocycles. The van der Waals surface area contributed by atoms with Gasteiger partial charge in [-0.1, -0.05) is 23.8 Å². The van der Waals surface area contributed by atoms with Gasteiger partial charge >= 0.3 is 5.97 Å². The molecule has 5 heteroatoms. The van der Waals surface area contributed by atoms with Gasteiger partial charge in [0.25, 0.3) is 0 Å². The molecule has 2 heterocycles. The van der Waals surface area contributed by atoms with Gasteiger partial charge in [0.2, 0.25) is 0 Å². The monoisotopic (exact) mass is 298 g/mol. The lowest BCUT2D eigenvalue weighted by atomic mass is 10.1. The Kier molecular flexibility index (Phi) is 3.58. The minimum Gasteiger partial charge on any atom is -0.464 e. The summed E-state index contributed by atoms with van der Waals surface area (Å²) in [5, 5.41) is 2.96. The minimum atomic E-state index is -0.379. The van der Waals surface area contributed by atoms with Gasteiger partial charge in [0, 0.05) is 22.7 Å². The molecule has 0 saturated carbocycles. The number of carbonyl (C=O) groups excluding carboxylic acids is 1. The largest absolute Gasteiger partial charge is 0.464 e. The zero-order valence-corrected chi connectivity index (χ0v) is 12.5. The Hall–Kier alpha value is -2.40. The number of hydrogen-bond acceptors (Lipinski definition) is 4. The van der Waals surface area contributed by atoms with Crippen molar-refractivity contribution in [2.24, 2.45) is 0 Å². The molecular formula is C16H14N2O2S. The number of aromatic nitrogens is 2. The molecular weight excluding hydrogens is 284 g/mol. The fourth-order valence-corrected chi connectivity index (χ4v) is 2.91. The summed E-state index contributed by atoms with van der Waals surface area (Å²) in [6.07, 6.45) is 1.77. The van der Waals surface area contributed by atoms with E-state index < -0.39 is 0 Å². The fourth-order valence-electron chi connectivity index (χ4n) is 2.09. The number of esters is 1. The maximum atomic E-state index is 11.5. The van der Waals surface area contributed by atoms with E-state index in [-0.39, 0.29) is 5.97 Å². The lowest BCUT2D eigenvalue weighted by Gasteiger charge is -1.97. The zero-order valence-electron chi connectivity index (χ0n) is 11.7. The Morgan fingerprint density at radius 2 is 2.14 bits per heavy atom. The number of benzene rings is 1. The Labute approximate surface area is 126 Å². The first-order chi connectivity index (χ1) is 10.2. The van der Waals surface area contributed by atoms with Crippen LogP contribution in [0.1, 0.15) is 16.1 Å². The summed E-state index contributed by atoms with van der Waals surface area (Å²) >= 11 is 1.59. The van der Waals surface area contributed by atoms with E-state index in [2.05, 4.69) is 33.8 Å². The summed E-state index contributed by atoms with van der Waals surface area (Å²) in [5.41, 5.74) is 4.47. The van der Waals surface area contributed by atoms with Gasteiger partial charge in [-0.3, -0.25) is 0 Å². The highest BCUT2D eigenvalue weighted by Gasteiger charge is 2.12. The number of carbonyl (C=O) groups is 1. The van der Waals surface area contributed by atoms with Gasteiger partial charge in [-0.05, 0) is 19.1 Å². The van der Waals surface area contributed by atoms with Crippen LogP contribution < -0.4 is 0 Å². The number of hydrogen-bond donors (Lipinski definition) is 1. The summed E-state index contributed by atoms with van der Waals surface area (Å²) in [5.74, 6) is -0.379. The van der Waals surface area contributed by atoms with Crippen LogP contribution in [-0.2, 0) is 4.74 Å². The van der Waals surface area contributed by atoms with Crippen molar-refractivity contribution in [3.8, 4) is 21.8 Å². The van der Waals surface area contributed by atoms with Crippen LogP contribution in [-0.4, -0.2) is 23.0 Å². The van der Waals surface area contributed by atoms with Crippen molar-refractivity contribution < 1.29 is 9.53 Å². The lowest BCUT2D eigenvalue weighted by Crippen LogP contribution is -2.00. The minimum absolute atomic E-state index is 0.379. The summed E-state index contributed by atoms with van der Waals surface area (Å²) < 4.78 is 4.69. The van der Waals surface area contributed by atoms with Crippen LogP contribution >= 0.6 is 11.3 Å². The Morgan fingerprint density at radius 3 is 2.90 bits per heavy atom. The molecule has 106 valence electrons. The fraction of sp³-hybridized carbons (Fsp3) is 0.125. The smallest absolute Gasteiger partial charge is 0.354 e. The summed E-state index contributed by atoms with van der Waals surface area (Å²) in [7, 11) is 1.36. The first-order valence-electron chi connectivity index (χ1n) is 6.47. The molecule has 0 unspecified atom stereocenters. The van der Waals surface area contributed by atoms with Crippen LogP contribution in [0.3, 0.4) is 0 Å². The van der Waals surface area contributed by atoms with E-state index >= 15 is 0 Å². The van der Waals surface area contributed by atoms with Crippen molar-refractivity contribution in [1.82, 2.24) is 9.97 Å². The van der Waals surface area contributed by atoms with Crippen molar-refractivity contribution in [1.29, 1.82) is 0 Å². The number of thiazole rings is 1. The number of aryl methyl sites for hydroxylation is 1. The molecule has 21 heavy (non-hydrogen) atoms. The van der Waals surface area contributed by atoms with Crippen molar-refractivity contribution in [3.05, 3.63) is 53.2 Å². The van der Waals surface area contributed by atoms with Crippen LogP contribution in [0, 0.1) is 6.92 Å². The van der Waals surface area contributed by atoms with Crippen LogP contribution in [0.4, 0.5) is 0 Å². The van der Waals surface area contributed by atoms with Gasteiger partial charge in [0.1, 0.15) is 10.7 Å². The molecule has 2 aromatic heterocycles. The Morgan fingerprint density at radius 1 is 1.29 bits per heavy atom. The quantitative estimate of drug-likeness (QED) is 0.746. The molecule has 0 radical (unpaired) electrons. The maximum absolute atomic E-state index is 11.5. The van der Waals surface area contributed by atoms with E-state index in [1.807, 2.05) is 17.5 Å². The highest BCUT2D eigenvalue weighted by Crippen LogP contribution is 2.29. The Balaban J connectivity index is 1.91. The van der Waals surface area contributed by atoms with Gasteiger partial charge in [0.05, 0.1) is 12.8 Å². The molecule has 4 nitrogen and oxygen atoms in total. The molecule has 0 spiro atoms. The predicted octanol–water partition coefficient (Wildman–Crippen LogP) is 3.90. The van der Waals surface area contributed by atoms with Crippen LogP contribution in [0.5, 0.6) is 0 Å². The van der Waals surface area contributed by atoms with Crippen molar-refractivity contribution in [3.63, 3.8) is 0 Å². The van der Waals surface area contributed by atoms with E-state index in [9.17, 15) is 4.79 Å². The van der Waals surface area contributed by atoms with E-state index in [1.54, 1.807) is 23.6 Å². The van der Waals surface area contributed by atoms with Crippen molar-refractivity contribution in [2.75, 3.05) is 7.11 Å². The average Bonchev–Trinajstić information content (AvgIpc) is 3.15. The topological polar surface area (TPSA) is 55.0 Å². The predicted molar refractivity (Wildman–Crippen MR) is 83.4 cm³/mol. The van der Waals surface area contributed by atoms with Gasteiger partial charge in [-0.25, -0.2) is 9.78 Å². The molecule has 0 aliphatic carbocycles. The highest BCUT2D eigenvalue weighted by atomic mass is 32.1. The molecule has 1 aromatic carbocycles. The molecule has 0 saturated heterocycles. The Bertz CT molecular complexity index is 789. The highest BCUT2D eigenvalue weighted by molar-refractivity contribution is 7.13. The number of methoxy groups -OCH3 is 1. The van der Waals surface area contributed by atoms with E-state index in [4.69, 9.17) is 0 Å². The number of H-pyrrole nitrogens is 1.